The maximum absolute atomic E-state index is 13.7. The molecule has 0 saturated carbocycles. The molecule has 0 aliphatic carbocycles. The first-order chi connectivity index (χ1) is 21.8. The number of carbonyl (C=O) groups excluding carboxylic acids is 1. The summed E-state index contributed by atoms with van der Waals surface area (Å²) in [6, 6.07) is 30.5. The van der Waals surface area contributed by atoms with Crippen LogP contribution in [0.1, 0.15) is 22.3 Å². The van der Waals surface area contributed by atoms with Crippen LogP contribution in [0.3, 0.4) is 0 Å². The van der Waals surface area contributed by atoms with Gasteiger partial charge < -0.3 is 4.74 Å². The summed E-state index contributed by atoms with van der Waals surface area (Å²) in [7, 11) is -10.3. The first-order valence-corrected chi connectivity index (χ1v) is 19.1. The van der Waals surface area contributed by atoms with Crippen LogP contribution in [0.2, 0.25) is 0 Å². The number of benzene rings is 4. The Hall–Kier alpha value is -4.24. The Kier molecular flexibility index (Phi) is 11.6. The SMILES string of the molecule is COC(=O)CNS(=O)(=O)Cc1ccc(CN(c2ccc(NS(=O)(=O)CCc3ccccc3)cc2)S(=O)(=O)Cc2ccccc2)cc1. The predicted molar refractivity (Wildman–Crippen MR) is 178 cm³/mol. The van der Waals surface area contributed by atoms with Crippen molar-refractivity contribution in [3.8, 4) is 0 Å². The van der Waals surface area contributed by atoms with Crippen molar-refractivity contribution < 1.29 is 34.8 Å². The molecular weight excluding hydrogens is 651 g/mol. The van der Waals surface area contributed by atoms with E-state index in [4.69, 9.17) is 0 Å². The summed E-state index contributed by atoms with van der Waals surface area (Å²) in [5.74, 6) is -1.49. The van der Waals surface area contributed by atoms with Crippen molar-refractivity contribution >= 4 is 47.4 Å². The predicted octanol–water partition coefficient (Wildman–Crippen LogP) is 3.80. The van der Waals surface area contributed by atoms with E-state index in [1.165, 1.54) is 28.6 Å². The number of methoxy groups -OCH3 is 1. The van der Waals surface area contributed by atoms with Crippen LogP contribution < -0.4 is 13.7 Å². The van der Waals surface area contributed by atoms with Gasteiger partial charge in [-0.25, -0.2) is 30.0 Å². The van der Waals surface area contributed by atoms with E-state index in [-0.39, 0.29) is 23.8 Å². The van der Waals surface area contributed by atoms with Crippen LogP contribution in [0.15, 0.2) is 109 Å². The van der Waals surface area contributed by atoms with Gasteiger partial charge in [-0.05, 0) is 52.9 Å². The second-order valence-electron chi connectivity index (χ2n) is 10.4. The zero-order chi connectivity index (χ0) is 33.2. The van der Waals surface area contributed by atoms with Gasteiger partial charge in [0.05, 0.1) is 36.6 Å². The van der Waals surface area contributed by atoms with E-state index in [0.29, 0.717) is 34.5 Å². The average molecular weight is 686 g/mol. The highest BCUT2D eigenvalue weighted by Crippen LogP contribution is 2.26. The fraction of sp³-hybridized carbons (Fsp3) is 0.219. The highest BCUT2D eigenvalue weighted by Gasteiger charge is 2.24. The van der Waals surface area contributed by atoms with Crippen LogP contribution in [-0.4, -0.2) is 50.6 Å². The van der Waals surface area contributed by atoms with Gasteiger partial charge in [-0.1, -0.05) is 84.9 Å². The summed E-state index contributed by atoms with van der Waals surface area (Å²) in [5.41, 5.74) is 3.13. The van der Waals surface area contributed by atoms with Gasteiger partial charge in [-0.15, -0.1) is 0 Å². The Morgan fingerprint density at radius 1 is 0.652 bits per heavy atom. The van der Waals surface area contributed by atoms with E-state index >= 15 is 0 Å². The lowest BCUT2D eigenvalue weighted by Gasteiger charge is -2.25. The molecule has 4 aromatic carbocycles. The van der Waals surface area contributed by atoms with Gasteiger partial charge in [0, 0.05) is 5.69 Å². The fourth-order valence-corrected chi connectivity index (χ4v) is 8.19. The van der Waals surface area contributed by atoms with Crippen LogP contribution in [-0.2, 0) is 64.1 Å². The third-order valence-corrected chi connectivity index (χ3v) is 11.1. The molecule has 0 aromatic heterocycles. The van der Waals surface area contributed by atoms with E-state index in [1.807, 2.05) is 30.3 Å². The van der Waals surface area contributed by atoms with Crippen LogP contribution in [0.25, 0.3) is 0 Å². The molecule has 0 spiro atoms. The lowest BCUT2D eigenvalue weighted by atomic mass is 10.1. The molecular formula is C32H35N3O8S3. The number of nitrogens with one attached hydrogen (secondary N) is 2. The quantitative estimate of drug-likeness (QED) is 0.169. The molecule has 0 aliphatic rings. The highest BCUT2D eigenvalue weighted by atomic mass is 32.2. The molecule has 0 heterocycles. The molecule has 0 fully saturated rings. The molecule has 4 aromatic rings. The topological polar surface area (TPSA) is 156 Å². The Morgan fingerprint density at radius 2 is 1.20 bits per heavy atom. The van der Waals surface area contributed by atoms with Crippen LogP contribution in [0, 0.1) is 0 Å². The van der Waals surface area contributed by atoms with Crippen molar-refractivity contribution in [2.45, 2.75) is 24.5 Å². The Bertz CT molecular complexity index is 1920. The van der Waals surface area contributed by atoms with Gasteiger partial charge >= 0.3 is 5.97 Å². The largest absolute Gasteiger partial charge is 0.468 e. The van der Waals surface area contributed by atoms with Gasteiger partial charge in [0.25, 0.3) is 0 Å². The average Bonchev–Trinajstić information content (AvgIpc) is 3.03. The fourth-order valence-electron chi connectivity index (χ4n) is 4.45. The minimum Gasteiger partial charge on any atom is -0.468 e. The summed E-state index contributed by atoms with van der Waals surface area (Å²) in [4.78, 5) is 11.3. The van der Waals surface area contributed by atoms with Crippen molar-refractivity contribution in [2.75, 3.05) is 28.4 Å². The molecule has 4 rings (SSSR count). The molecule has 0 unspecified atom stereocenters. The molecule has 0 amide bonds. The van der Waals surface area contributed by atoms with Gasteiger partial charge in [-0.2, -0.15) is 0 Å². The minimum atomic E-state index is -3.93. The lowest BCUT2D eigenvalue weighted by molar-refractivity contribution is -0.139. The van der Waals surface area contributed by atoms with E-state index in [0.717, 1.165) is 12.7 Å². The zero-order valence-corrected chi connectivity index (χ0v) is 27.5. The molecule has 244 valence electrons. The van der Waals surface area contributed by atoms with Gasteiger partial charge in [0.1, 0.15) is 6.54 Å². The number of esters is 1. The maximum Gasteiger partial charge on any atom is 0.320 e. The Balaban J connectivity index is 1.51. The maximum atomic E-state index is 13.7. The molecule has 0 aliphatic heterocycles. The Morgan fingerprint density at radius 3 is 1.78 bits per heavy atom. The molecule has 0 saturated heterocycles. The molecule has 46 heavy (non-hydrogen) atoms. The van der Waals surface area contributed by atoms with Crippen LogP contribution in [0.4, 0.5) is 11.4 Å². The summed E-state index contributed by atoms with van der Waals surface area (Å²) in [6.07, 6.45) is 0.342. The summed E-state index contributed by atoms with van der Waals surface area (Å²) >= 11 is 0. The number of aryl methyl sites for hydroxylation is 1. The lowest BCUT2D eigenvalue weighted by Crippen LogP contribution is -2.32. The van der Waals surface area contributed by atoms with Crippen molar-refractivity contribution in [1.82, 2.24) is 4.72 Å². The van der Waals surface area contributed by atoms with E-state index < -0.39 is 42.6 Å². The van der Waals surface area contributed by atoms with E-state index in [2.05, 4.69) is 14.2 Å². The second-order valence-corrected chi connectivity index (χ2v) is 16.0. The number of ether oxygens (including phenoxy) is 1. The smallest absolute Gasteiger partial charge is 0.320 e. The number of hydrogen-bond acceptors (Lipinski definition) is 8. The zero-order valence-electron chi connectivity index (χ0n) is 25.1. The summed E-state index contributed by atoms with van der Waals surface area (Å²) in [6.45, 7) is -0.552. The van der Waals surface area contributed by atoms with Crippen molar-refractivity contribution in [1.29, 1.82) is 0 Å². The summed E-state index contributed by atoms with van der Waals surface area (Å²) < 4.78 is 88.0. The van der Waals surface area contributed by atoms with E-state index in [9.17, 15) is 30.0 Å². The third kappa shape index (κ3) is 10.7. The first-order valence-electron chi connectivity index (χ1n) is 14.1. The highest BCUT2D eigenvalue weighted by molar-refractivity contribution is 7.92. The first kappa shape index (κ1) is 34.6. The summed E-state index contributed by atoms with van der Waals surface area (Å²) in [5, 5.41) is 0. The van der Waals surface area contributed by atoms with Crippen molar-refractivity contribution in [3.63, 3.8) is 0 Å². The normalized spacial score (nSPS) is 11.9. The minimum absolute atomic E-state index is 0.0645. The number of sulfonamides is 3. The van der Waals surface area contributed by atoms with Crippen molar-refractivity contribution in [2.24, 2.45) is 0 Å². The van der Waals surface area contributed by atoms with Crippen LogP contribution in [0.5, 0.6) is 0 Å². The van der Waals surface area contributed by atoms with Crippen LogP contribution >= 0.6 is 0 Å². The number of rotatable bonds is 16. The van der Waals surface area contributed by atoms with Gasteiger partial charge in [0.15, 0.2) is 0 Å². The van der Waals surface area contributed by atoms with E-state index in [1.54, 1.807) is 54.6 Å². The third-order valence-electron chi connectivity index (χ3n) is 6.83. The molecule has 2 N–H and O–H groups in total. The molecule has 0 bridgehead atoms. The van der Waals surface area contributed by atoms with Gasteiger partial charge in [-0.3, -0.25) is 13.8 Å². The molecule has 0 atom stereocenters. The van der Waals surface area contributed by atoms with Crippen molar-refractivity contribution in [3.05, 3.63) is 131 Å². The van der Waals surface area contributed by atoms with Gasteiger partial charge in [0.2, 0.25) is 30.1 Å². The molecule has 0 radical (unpaired) electrons. The molecule has 14 heteroatoms. The molecule has 11 nitrogen and oxygen atoms in total. The second kappa shape index (κ2) is 15.4. The Labute approximate surface area is 270 Å². The number of anilines is 2. The number of nitrogens with zero attached hydrogens (tertiary/aromatic N) is 1. The monoisotopic (exact) mass is 685 g/mol. The number of carbonyl (C=O) groups is 1. The number of hydrogen-bond donors (Lipinski definition) is 2. The standard InChI is InChI=1S/C32H35N3O8S3/c1-43-32(36)22-33-45(39,40)24-29-14-12-27(13-15-29)23-35(46(41,42)25-28-10-6-3-7-11-28)31-18-16-30(17-19-31)34-44(37,38)21-20-26-8-4-2-5-9-26/h2-19,33-34H,20-25H2,1H3.